The molecule has 2 aliphatic rings. The summed E-state index contributed by atoms with van der Waals surface area (Å²) in [4.78, 5) is 20.7. The molecule has 2 N–H and O–H groups in total. The van der Waals surface area contributed by atoms with Crippen LogP contribution in [0.5, 0.6) is 0 Å². The maximum absolute atomic E-state index is 11.8. The Hall–Kier alpha value is -2.08. The quantitative estimate of drug-likeness (QED) is 0.521. The summed E-state index contributed by atoms with van der Waals surface area (Å²) in [5.74, 6) is 1.13. The number of hydrogen-bond acceptors (Lipinski definition) is 3. The molecule has 160 valence electrons. The standard InChI is InChI=1S/C23H37N5O/c1-3-21-7-4-5-14-27(21)16-13-25-23(24-2)26-17-19-9-11-20(12-10-19)18-28-15-6-8-22(28)29/h9-12,21H,3-8,13-18H2,1-2H3,(H2,24,25,26). The van der Waals surface area contributed by atoms with Gasteiger partial charge in [0.15, 0.2) is 5.96 Å². The van der Waals surface area contributed by atoms with Crippen molar-refractivity contribution in [2.45, 2.75) is 64.6 Å². The van der Waals surface area contributed by atoms with Gasteiger partial charge in [0.1, 0.15) is 0 Å². The molecule has 2 aliphatic heterocycles. The highest BCUT2D eigenvalue weighted by atomic mass is 16.2. The first-order chi connectivity index (χ1) is 14.2. The molecule has 2 heterocycles. The lowest BCUT2D eigenvalue weighted by molar-refractivity contribution is -0.128. The van der Waals surface area contributed by atoms with Crippen LogP contribution < -0.4 is 10.6 Å². The van der Waals surface area contributed by atoms with Gasteiger partial charge in [-0.25, -0.2) is 0 Å². The molecule has 0 radical (unpaired) electrons. The zero-order valence-electron chi connectivity index (χ0n) is 18.1. The molecule has 1 amide bonds. The molecule has 0 bridgehead atoms. The van der Waals surface area contributed by atoms with E-state index in [4.69, 9.17) is 0 Å². The number of carbonyl (C=O) groups excluding carboxylic acids is 1. The summed E-state index contributed by atoms with van der Waals surface area (Å²) in [6, 6.07) is 9.26. The topological polar surface area (TPSA) is 60.0 Å². The van der Waals surface area contributed by atoms with Crippen LogP contribution in [0.3, 0.4) is 0 Å². The first kappa shape index (κ1) is 21.6. The van der Waals surface area contributed by atoms with Crippen LogP contribution in [0.1, 0.15) is 56.6 Å². The third-order valence-electron chi connectivity index (χ3n) is 6.16. The van der Waals surface area contributed by atoms with Crippen LogP contribution in [-0.4, -0.2) is 60.9 Å². The Labute approximate surface area is 175 Å². The fourth-order valence-electron chi connectivity index (χ4n) is 4.40. The first-order valence-corrected chi connectivity index (χ1v) is 11.2. The average Bonchev–Trinajstić information content (AvgIpc) is 3.16. The van der Waals surface area contributed by atoms with Crippen molar-refractivity contribution in [1.29, 1.82) is 0 Å². The number of benzene rings is 1. The maximum Gasteiger partial charge on any atom is 0.222 e. The average molecular weight is 400 g/mol. The Bertz CT molecular complexity index is 672. The second kappa shape index (κ2) is 11.2. The number of guanidine groups is 1. The van der Waals surface area contributed by atoms with Gasteiger partial charge in [0.25, 0.3) is 0 Å². The van der Waals surface area contributed by atoms with Gasteiger partial charge in [-0.1, -0.05) is 37.6 Å². The van der Waals surface area contributed by atoms with Crippen molar-refractivity contribution in [3.63, 3.8) is 0 Å². The number of rotatable bonds is 8. The summed E-state index contributed by atoms with van der Waals surface area (Å²) in [5, 5.41) is 6.85. The molecule has 6 nitrogen and oxygen atoms in total. The zero-order chi connectivity index (χ0) is 20.5. The minimum Gasteiger partial charge on any atom is -0.355 e. The second-order valence-electron chi connectivity index (χ2n) is 8.18. The van der Waals surface area contributed by atoms with Gasteiger partial charge in [0.05, 0.1) is 0 Å². The highest BCUT2D eigenvalue weighted by Gasteiger charge is 2.20. The van der Waals surface area contributed by atoms with Gasteiger partial charge in [-0.15, -0.1) is 0 Å². The van der Waals surface area contributed by atoms with Crippen LogP contribution in [0.25, 0.3) is 0 Å². The van der Waals surface area contributed by atoms with E-state index in [1.54, 1.807) is 0 Å². The smallest absolute Gasteiger partial charge is 0.222 e. The van der Waals surface area contributed by atoms with Crippen LogP contribution in [0.2, 0.25) is 0 Å². The van der Waals surface area contributed by atoms with E-state index in [9.17, 15) is 4.79 Å². The highest BCUT2D eigenvalue weighted by molar-refractivity contribution is 5.79. The van der Waals surface area contributed by atoms with Gasteiger partial charge in [-0.3, -0.25) is 14.7 Å². The van der Waals surface area contributed by atoms with E-state index in [1.807, 2.05) is 11.9 Å². The van der Waals surface area contributed by atoms with Gasteiger partial charge in [-0.05, 0) is 43.4 Å². The Kier molecular flexibility index (Phi) is 8.35. The van der Waals surface area contributed by atoms with Crippen molar-refractivity contribution >= 4 is 11.9 Å². The number of likely N-dealkylation sites (tertiary alicyclic amines) is 2. The van der Waals surface area contributed by atoms with Gasteiger partial charge in [-0.2, -0.15) is 0 Å². The van der Waals surface area contributed by atoms with Crippen LogP contribution in [0, 0.1) is 0 Å². The normalized spacial score (nSPS) is 20.9. The lowest BCUT2D eigenvalue weighted by Crippen LogP contribution is -2.45. The van der Waals surface area contributed by atoms with E-state index >= 15 is 0 Å². The summed E-state index contributed by atoms with van der Waals surface area (Å²) >= 11 is 0. The Morgan fingerprint density at radius 2 is 1.90 bits per heavy atom. The third-order valence-corrected chi connectivity index (χ3v) is 6.16. The van der Waals surface area contributed by atoms with Gasteiger partial charge >= 0.3 is 0 Å². The van der Waals surface area contributed by atoms with Crippen LogP contribution in [0.15, 0.2) is 29.3 Å². The molecular weight excluding hydrogens is 362 g/mol. The summed E-state index contributed by atoms with van der Waals surface area (Å²) in [6.07, 6.45) is 6.97. The number of piperidine rings is 1. The Morgan fingerprint density at radius 3 is 2.59 bits per heavy atom. The summed E-state index contributed by atoms with van der Waals surface area (Å²) in [5.41, 5.74) is 2.41. The predicted octanol–water partition coefficient (Wildman–Crippen LogP) is 2.74. The number of aliphatic imine (C=N–C) groups is 1. The number of nitrogens with one attached hydrogen (secondary N) is 2. The molecule has 0 aliphatic carbocycles. The monoisotopic (exact) mass is 399 g/mol. The zero-order valence-corrected chi connectivity index (χ0v) is 18.1. The van der Waals surface area contributed by atoms with E-state index in [2.05, 4.69) is 51.7 Å². The molecule has 0 aromatic heterocycles. The maximum atomic E-state index is 11.8. The van der Waals surface area contributed by atoms with E-state index in [1.165, 1.54) is 43.4 Å². The Balaban J connectivity index is 1.39. The number of nitrogens with zero attached hydrogens (tertiary/aromatic N) is 3. The molecule has 2 fully saturated rings. The van der Waals surface area contributed by atoms with Crippen LogP contribution in [-0.2, 0) is 17.9 Å². The largest absolute Gasteiger partial charge is 0.355 e. The summed E-state index contributed by atoms with van der Waals surface area (Å²) in [6.45, 7) is 7.87. The van der Waals surface area contributed by atoms with Gasteiger partial charge < -0.3 is 15.5 Å². The molecule has 29 heavy (non-hydrogen) atoms. The minimum atomic E-state index is 0.278. The molecule has 1 atom stereocenters. The molecule has 1 unspecified atom stereocenters. The molecule has 2 saturated heterocycles. The fraction of sp³-hybridized carbons (Fsp3) is 0.652. The molecular formula is C23H37N5O. The van der Waals surface area contributed by atoms with Crippen LogP contribution in [0.4, 0.5) is 0 Å². The molecule has 3 rings (SSSR count). The van der Waals surface area contributed by atoms with Gasteiger partial charge in [0.2, 0.25) is 5.91 Å². The number of hydrogen-bond donors (Lipinski definition) is 2. The van der Waals surface area contributed by atoms with Crippen LogP contribution >= 0.6 is 0 Å². The SMILES string of the molecule is CCC1CCCCN1CCNC(=NC)NCc1ccc(CN2CCCC2=O)cc1. The van der Waals surface area contributed by atoms with E-state index < -0.39 is 0 Å². The fourth-order valence-corrected chi connectivity index (χ4v) is 4.40. The van der Waals surface area contributed by atoms with E-state index in [0.29, 0.717) is 6.42 Å². The van der Waals surface area contributed by atoms with Crippen molar-refractivity contribution in [2.75, 3.05) is 33.2 Å². The van der Waals surface area contributed by atoms with E-state index in [-0.39, 0.29) is 5.91 Å². The number of carbonyl (C=O) groups is 1. The molecule has 0 saturated carbocycles. The second-order valence-corrected chi connectivity index (χ2v) is 8.18. The van der Waals surface area contributed by atoms with Crippen molar-refractivity contribution in [3.8, 4) is 0 Å². The van der Waals surface area contributed by atoms with Crippen molar-refractivity contribution in [3.05, 3.63) is 35.4 Å². The summed E-state index contributed by atoms with van der Waals surface area (Å²) in [7, 11) is 1.82. The molecule has 1 aromatic rings. The predicted molar refractivity (Wildman–Crippen MR) is 119 cm³/mol. The minimum absolute atomic E-state index is 0.278. The Morgan fingerprint density at radius 1 is 1.10 bits per heavy atom. The van der Waals surface area contributed by atoms with Crippen molar-refractivity contribution in [1.82, 2.24) is 20.4 Å². The molecule has 0 spiro atoms. The highest BCUT2D eigenvalue weighted by Crippen LogP contribution is 2.18. The molecule has 1 aromatic carbocycles. The van der Waals surface area contributed by atoms with Crippen molar-refractivity contribution in [2.24, 2.45) is 4.99 Å². The summed E-state index contributed by atoms with van der Waals surface area (Å²) < 4.78 is 0. The third kappa shape index (κ3) is 6.46. The number of amides is 1. The molecule has 6 heteroatoms. The van der Waals surface area contributed by atoms with Crippen molar-refractivity contribution < 1.29 is 4.79 Å². The van der Waals surface area contributed by atoms with E-state index in [0.717, 1.165) is 51.1 Å². The lowest BCUT2D eigenvalue weighted by atomic mass is 10.0. The lowest BCUT2D eigenvalue weighted by Gasteiger charge is -2.35. The first-order valence-electron chi connectivity index (χ1n) is 11.2. The van der Waals surface area contributed by atoms with Gasteiger partial charge in [0, 0.05) is 52.2 Å².